The predicted molar refractivity (Wildman–Crippen MR) is 131 cm³/mol. The van der Waals surface area contributed by atoms with Crippen LogP contribution in [0.15, 0.2) is 53.7 Å². The van der Waals surface area contributed by atoms with Crippen molar-refractivity contribution in [2.45, 2.75) is 51.4 Å². The number of rotatable bonds is 11. The highest BCUT2D eigenvalue weighted by molar-refractivity contribution is 7.99. The number of halogens is 1. The number of para-hydroxylation sites is 2. The molecule has 33 heavy (non-hydrogen) atoms. The van der Waals surface area contributed by atoms with E-state index in [1.165, 1.54) is 18.7 Å². The van der Waals surface area contributed by atoms with Crippen LogP contribution in [-0.4, -0.2) is 32.2 Å². The van der Waals surface area contributed by atoms with E-state index in [0.717, 1.165) is 12.8 Å². The Morgan fingerprint density at radius 3 is 2.48 bits per heavy atom. The maximum Gasteiger partial charge on any atom is 0.234 e. The molecule has 7 nitrogen and oxygen atoms in total. The summed E-state index contributed by atoms with van der Waals surface area (Å²) in [6.45, 7) is 5.90. The second-order valence-electron chi connectivity index (χ2n) is 7.40. The Morgan fingerprint density at radius 2 is 1.79 bits per heavy atom. The number of aromatic nitrogens is 3. The second kappa shape index (κ2) is 11.9. The second-order valence-corrected chi connectivity index (χ2v) is 8.75. The van der Waals surface area contributed by atoms with E-state index in [0.29, 0.717) is 33.0 Å². The van der Waals surface area contributed by atoms with E-state index in [-0.39, 0.29) is 30.1 Å². The minimum Gasteiger partial charge on any atom is -0.484 e. The fourth-order valence-electron chi connectivity index (χ4n) is 3.44. The molecule has 0 unspecified atom stereocenters. The summed E-state index contributed by atoms with van der Waals surface area (Å²) in [5, 5.41) is 12.6. The fourth-order valence-corrected chi connectivity index (χ4v) is 4.46. The van der Waals surface area contributed by atoms with E-state index in [1.54, 1.807) is 36.4 Å². The van der Waals surface area contributed by atoms with Crippen molar-refractivity contribution in [3.63, 3.8) is 0 Å². The molecule has 0 fully saturated rings. The highest BCUT2D eigenvalue weighted by atomic mass is 35.5. The third kappa shape index (κ3) is 6.36. The molecule has 0 atom stereocenters. The van der Waals surface area contributed by atoms with Crippen LogP contribution in [0.1, 0.15) is 55.8 Å². The molecule has 1 amide bonds. The number of nitrogens with one attached hydrogen (secondary N) is 1. The lowest BCUT2D eigenvalue weighted by Gasteiger charge is -2.19. The van der Waals surface area contributed by atoms with Crippen molar-refractivity contribution in [3.8, 4) is 5.75 Å². The number of ether oxygens (including phenoxy) is 1. The van der Waals surface area contributed by atoms with Crippen molar-refractivity contribution in [2.75, 3.05) is 11.1 Å². The molecule has 174 valence electrons. The molecular formula is C24H27ClN4O3S. The number of hydrogen-bond donors (Lipinski definition) is 1. The number of ketones is 1. The van der Waals surface area contributed by atoms with Gasteiger partial charge in [-0.05, 0) is 44.0 Å². The van der Waals surface area contributed by atoms with E-state index in [2.05, 4.69) is 29.4 Å². The molecule has 0 radical (unpaired) electrons. The van der Waals surface area contributed by atoms with Gasteiger partial charge in [0.15, 0.2) is 16.8 Å². The van der Waals surface area contributed by atoms with Gasteiger partial charge in [0, 0.05) is 11.6 Å². The van der Waals surface area contributed by atoms with Gasteiger partial charge in [0.25, 0.3) is 0 Å². The van der Waals surface area contributed by atoms with E-state index in [1.807, 2.05) is 16.7 Å². The third-order valence-electron chi connectivity index (χ3n) is 5.15. The molecule has 1 aromatic heterocycles. The van der Waals surface area contributed by atoms with Crippen LogP contribution in [0.25, 0.3) is 0 Å². The van der Waals surface area contributed by atoms with Crippen molar-refractivity contribution in [1.29, 1.82) is 0 Å². The van der Waals surface area contributed by atoms with E-state index >= 15 is 0 Å². The average molecular weight is 487 g/mol. The highest BCUT2D eigenvalue weighted by Gasteiger charge is 2.21. The van der Waals surface area contributed by atoms with Gasteiger partial charge in [-0.15, -0.1) is 10.2 Å². The molecule has 0 aliphatic heterocycles. The van der Waals surface area contributed by atoms with Crippen LogP contribution in [0.4, 0.5) is 5.69 Å². The molecule has 0 aliphatic carbocycles. The molecule has 2 aromatic carbocycles. The van der Waals surface area contributed by atoms with Crippen LogP contribution in [0.2, 0.25) is 5.02 Å². The summed E-state index contributed by atoms with van der Waals surface area (Å²) in [5.74, 6) is 1.07. The molecule has 1 N–H and O–H groups in total. The number of benzene rings is 2. The van der Waals surface area contributed by atoms with Crippen molar-refractivity contribution >= 4 is 40.7 Å². The van der Waals surface area contributed by atoms with Gasteiger partial charge >= 0.3 is 0 Å². The van der Waals surface area contributed by atoms with Crippen LogP contribution in [0.3, 0.4) is 0 Å². The van der Waals surface area contributed by atoms with Crippen LogP contribution in [0.5, 0.6) is 5.75 Å². The van der Waals surface area contributed by atoms with E-state index in [4.69, 9.17) is 16.3 Å². The van der Waals surface area contributed by atoms with Gasteiger partial charge in [-0.3, -0.25) is 9.59 Å². The molecule has 3 aromatic rings. The van der Waals surface area contributed by atoms with Gasteiger partial charge < -0.3 is 14.6 Å². The Balaban J connectivity index is 1.72. The van der Waals surface area contributed by atoms with Gasteiger partial charge in [-0.2, -0.15) is 0 Å². The molecule has 0 aliphatic rings. The van der Waals surface area contributed by atoms with Gasteiger partial charge in [-0.25, -0.2) is 0 Å². The average Bonchev–Trinajstić information content (AvgIpc) is 3.21. The Hall–Kier alpha value is -2.84. The number of Topliss-reactive ketones (excluding diaryl/α,β-unsaturated/α-hetero) is 1. The first-order valence-corrected chi connectivity index (χ1v) is 12.1. The molecule has 1 heterocycles. The number of hydrogen-bond acceptors (Lipinski definition) is 6. The lowest BCUT2D eigenvalue weighted by Crippen LogP contribution is -2.18. The number of anilines is 1. The molecule has 0 saturated heterocycles. The first-order chi connectivity index (χ1) is 15.9. The summed E-state index contributed by atoms with van der Waals surface area (Å²) in [6, 6.07) is 14.4. The zero-order chi connectivity index (χ0) is 23.8. The fraction of sp³-hybridized carbons (Fsp3) is 0.333. The standard InChI is InChI=1S/C24H27ClN4O3S/c1-4-17(5-2)29-22(14-32-21-13-9-7-11-19(21)25)27-28-24(29)33-15-23(31)26-20-12-8-6-10-18(20)16(3)30/h6-13,17H,4-5,14-15H2,1-3H3,(H,26,31). The minimum absolute atomic E-state index is 0.102. The van der Waals surface area contributed by atoms with Crippen LogP contribution in [0, 0.1) is 0 Å². The first kappa shape index (κ1) is 24.8. The number of amides is 1. The van der Waals surface area contributed by atoms with Gasteiger partial charge in [0.2, 0.25) is 5.91 Å². The van der Waals surface area contributed by atoms with Gasteiger partial charge in [0.05, 0.1) is 16.5 Å². The highest BCUT2D eigenvalue weighted by Crippen LogP contribution is 2.28. The molecule has 0 saturated carbocycles. The lowest BCUT2D eigenvalue weighted by molar-refractivity contribution is -0.113. The summed E-state index contributed by atoms with van der Waals surface area (Å²) in [7, 11) is 0. The Bertz CT molecular complexity index is 1110. The van der Waals surface area contributed by atoms with Crippen molar-refractivity contribution in [1.82, 2.24) is 14.8 Å². The smallest absolute Gasteiger partial charge is 0.234 e. The zero-order valence-electron chi connectivity index (χ0n) is 18.9. The molecule has 0 spiro atoms. The normalized spacial score (nSPS) is 10.9. The minimum atomic E-state index is -0.221. The molecule has 3 rings (SSSR count). The van der Waals surface area contributed by atoms with Gasteiger partial charge in [-0.1, -0.05) is 61.5 Å². The number of carbonyl (C=O) groups excluding carboxylic acids is 2. The number of nitrogens with zero attached hydrogens (tertiary/aromatic N) is 3. The molecular weight excluding hydrogens is 460 g/mol. The van der Waals surface area contributed by atoms with Crippen LogP contribution in [-0.2, 0) is 11.4 Å². The third-order valence-corrected chi connectivity index (χ3v) is 6.40. The summed E-state index contributed by atoms with van der Waals surface area (Å²) < 4.78 is 7.92. The van der Waals surface area contributed by atoms with Gasteiger partial charge in [0.1, 0.15) is 12.4 Å². The van der Waals surface area contributed by atoms with E-state index in [9.17, 15) is 9.59 Å². The Morgan fingerprint density at radius 1 is 1.09 bits per heavy atom. The number of thioether (sulfide) groups is 1. The van der Waals surface area contributed by atoms with Crippen molar-refractivity contribution in [3.05, 3.63) is 64.9 Å². The molecule has 0 bridgehead atoms. The first-order valence-electron chi connectivity index (χ1n) is 10.8. The predicted octanol–water partition coefficient (Wildman–Crippen LogP) is 5.81. The quantitative estimate of drug-likeness (QED) is 0.272. The largest absolute Gasteiger partial charge is 0.484 e. The Kier molecular flexibility index (Phi) is 8.91. The summed E-state index contributed by atoms with van der Waals surface area (Å²) in [6.07, 6.45) is 1.78. The van der Waals surface area contributed by atoms with E-state index < -0.39 is 0 Å². The topological polar surface area (TPSA) is 86.1 Å². The van der Waals surface area contributed by atoms with Crippen LogP contribution >= 0.6 is 23.4 Å². The van der Waals surface area contributed by atoms with Crippen molar-refractivity contribution < 1.29 is 14.3 Å². The zero-order valence-corrected chi connectivity index (χ0v) is 20.4. The van der Waals surface area contributed by atoms with Crippen molar-refractivity contribution in [2.24, 2.45) is 0 Å². The number of carbonyl (C=O) groups is 2. The molecule has 9 heteroatoms. The Labute approximate surface area is 202 Å². The summed E-state index contributed by atoms with van der Waals surface area (Å²) in [5.41, 5.74) is 0.987. The summed E-state index contributed by atoms with van der Waals surface area (Å²) in [4.78, 5) is 24.4. The monoisotopic (exact) mass is 486 g/mol. The summed E-state index contributed by atoms with van der Waals surface area (Å²) >= 11 is 7.50. The maximum absolute atomic E-state index is 12.6. The SMILES string of the molecule is CCC(CC)n1c(COc2ccccc2Cl)nnc1SCC(=O)Nc1ccccc1C(C)=O. The maximum atomic E-state index is 12.6. The van der Waals surface area contributed by atoms with Crippen LogP contribution < -0.4 is 10.1 Å². The lowest BCUT2D eigenvalue weighted by atomic mass is 10.1.